The maximum atomic E-state index is 12.4. The van der Waals surface area contributed by atoms with Crippen LogP contribution in [-0.2, 0) is 6.54 Å². The molecule has 2 N–H and O–H groups in total. The second-order valence-corrected chi connectivity index (χ2v) is 6.34. The van der Waals surface area contributed by atoms with E-state index in [0.717, 1.165) is 30.1 Å². The van der Waals surface area contributed by atoms with Crippen LogP contribution in [0.1, 0.15) is 15.9 Å². The molecule has 0 atom stereocenters. The number of rotatable bonds is 5. The predicted octanol–water partition coefficient (Wildman–Crippen LogP) is 2.43. The lowest BCUT2D eigenvalue weighted by Gasteiger charge is -2.36. The Balaban J connectivity index is 1.48. The van der Waals surface area contributed by atoms with Crippen molar-refractivity contribution in [2.24, 2.45) is 0 Å². The number of carbonyl (C=O) groups is 2. The van der Waals surface area contributed by atoms with Crippen molar-refractivity contribution in [1.82, 2.24) is 10.2 Å². The summed E-state index contributed by atoms with van der Waals surface area (Å²) in [6, 6.07) is 14.3. The van der Waals surface area contributed by atoms with E-state index in [9.17, 15) is 9.59 Å². The summed E-state index contributed by atoms with van der Waals surface area (Å²) < 4.78 is 5.27. The third-order valence-corrected chi connectivity index (χ3v) is 4.63. The molecule has 0 radical (unpaired) electrons. The predicted molar refractivity (Wildman–Crippen MR) is 102 cm³/mol. The second-order valence-electron chi connectivity index (χ2n) is 6.34. The van der Waals surface area contributed by atoms with E-state index in [1.807, 2.05) is 24.3 Å². The highest BCUT2D eigenvalue weighted by molar-refractivity contribution is 5.87. The fourth-order valence-electron chi connectivity index (χ4n) is 3.03. The summed E-state index contributed by atoms with van der Waals surface area (Å²) in [7, 11) is 1.65. The van der Waals surface area contributed by atoms with E-state index in [1.54, 1.807) is 24.1 Å². The topological polar surface area (TPSA) is 82.1 Å². The fourth-order valence-corrected chi connectivity index (χ4v) is 3.03. The van der Waals surface area contributed by atoms with Crippen LogP contribution in [0.2, 0.25) is 0 Å². The molecule has 2 aromatic rings. The minimum absolute atomic E-state index is 0.109. The van der Waals surface area contributed by atoms with Gasteiger partial charge in [0.15, 0.2) is 0 Å². The van der Waals surface area contributed by atoms with Gasteiger partial charge in [-0.2, -0.15) is 0 Å². The molecule has 27 heavy (non-hydrogen) atoms. The van der Waals surface area contributed by atoms with Crippen molar-refractivity contribution in [2.45, 2.75) is 6.54 Å². The summed E-state index contributed by atoms with van der Waals surface area (Å²) in [6.07, 6.45) is 0. The molecule has 142 valence electrons. The average molecular weight is 369 g/mol. The van der Waals surface area contributed by atoms with Crippen molar-refractivity contribution < 1.29 is 19.4 Å². The van der Waals surface area contributed by atoms with E-state index in [1.165, 1.54) is 12.1 Å². The van der Waals surface area contributed by atoms with Gasteiger partial charge in [-0.05, 0) is 29.8 Å². The standard InChI is InChI=1S/C20H23N3O4/c1-27-18-4-2-3-17(13-18)22-9-11-23(12-10-22)20(26)21-14-15-5-7-16(8-6-15)19(24)25/h2-8,13H,9-12,14H2,1H3,(H,21,26)(H,24,25). The zero-order valence-corrected chi connectivity index (χ0v) is 15.2. The number of anilines is 1. The quantitative estimate of drug-likeness (QED) is 0.846. The van der Waals surface area contributed by atoms with Crippen molar-refractivity contribution in [2.75, 3.05) is 38.2 Å². The van der Waals surface area contributed by atoms with Crippen LogP contribution in [0.4, 0.5) is 10.5 Å². The zero-order chi connectivity index (χ0) is 19.2. The van der Waals surface area contributed by atoms with Gasteiger partial charge in [0.25, 0.3) is 0 Å². The second kappa shape index (κ2) is 8.44. The highest BCUT2D eigenvalue weighted by atomic mass is 16.5. The van der Waals surface area contributed by atoms with Gasteiger partial charge in [0, 0.05) is 44.5 Å². The number of benzene rings is 2. The highest BCUT2D eigenvalue weighted by Gasteiger charge is 2.21. The first-order valence-corrected chi connectivity index (χ1v) is 8.81. The number of methoxy groups -OCH3 is 1. The summed E-state index contributed by atoms with van der Waals surface area (Å²) in [5.41, 5.74) is 2.19. The van der Waals surface area contributed by atoms with Crippen LogP contribution in [0.5, 0.6) is 5.75 Å². The SMILES string of the molecule is COc1cccc(N2CCN(C(=O)NCc3ccc(C(=O)O)cc3)CC2)c1. The van der Waals surface area contributed by atoms with Crippen molar-refractivity contribution in [1.29, 1.82) is 0 Å². The molecular weight excluding hydrogens is 346 g/mol. The summed E-state index contributed by atoms with van der Waals surface area (Å²) in [5, 5.41) is 11.8. The molecule has 0 aromatic heterocycles. The molecule has 1 fully saturated rings. The number of carboxylic acids is 1. The van der Waals surface area contributed by atoms with Gasteiger partial charge >= 0.3 is 12.0 Å². The van der Waals surface area contributed by atoms with E-state index < -0.39 is 5.97 Å². The molecule has 1 aliphatic rings. The Bertz CT molecular complexity index is 799. The van der Waals surface area contributed by atoms with Crippen LogP contribution in [0.3, 0.4) is 0 Å². The first-order chi connectivity index (χ1) is 13.1. The molecule has 2 aromatic carbocycles. The van der Waals surface area contributed by atoms with Crippen LogP contribution in [-0.4, -0.2) is 55.3 Å². The lowest BCUT2D eigenvalue weighted by molar-refractivity contribution is 0.0697. The third kappa shape index (κ3) is 4.69. The number of carboxylic acid groups (broad SMARTS) is 1. The van der Waals surface area contributed by atoms with Crippen LogP contribution in [0.15, 0.2) is 48.5 Å². The summed E-state index contributed by atoms with van der Waals surface area (Å²) in [5.74, 6) is -0.138. The zero-order valence-electron chi connectivity index (χ0n) is 15.2. The van der Waals surface area contributed by atoms with Crippen molar-refractivity contribution >= 4 is 17.7 Å². The Morgan fingerprint density at radius 2 is 1.78 bits per heavy atom. The van der Waals surface area contributed by atoms with Crippen LogP contribution < -0.4 is 15.0 Å². The molecular formula is C20H23N3O4. The van der Waals surface area contributed by atoms with Gasteiger partial charge in [-0.1, -0.05) is 18.2 Å². The van der Waals surface area contributed by atoms with Gasteiger partial charge in [0.2, 0.25) is 0 Å². The number of ether oxygens (including phenoxy) is 1. The van der Waals surface area contributed by atoms with Gasteiger partial charge in [0.05, 0.1) is 12.7 Å². The molecule has 3 rings (SSSR count). The van der Waals surface area contributed by atoms with Gasteiger partial charge in [-0.25, -0.2) is 9.59 Å². The number of nitrogens with one attached hydrogen (secondary N) is 1. The Labute approximate surface area is 158 Å². The summed E-state index contributed by atoms with van der Waals surface area (Å²) >= 11 is 0. The van der Waals surface area contributed by atoms with E-state index in [-0.39, 0.29) is 11.6 Å². The van der Waals surface area contributed by atoms with E-state index in [2.05, 4.69) is 10.2 Å². The molecule has 1 heterocycles. The van der Waals surface area contributed by atoms with E-state index >= 15 is 0 Å². The number of carbonyl (C=O) groups excluding carboxylic acids is 1. The molecule has 0 spiro atoms. The van der Waals surface area contributed by atoms with Gasteiger partial charge in [0.1, 0.15) is 5.75 Å². The monoisotopic (exact) mass is 369 g/mol. The highest BCUT2D eigenvalue weighted by Crippen LogP contribution is 2.22. The molecule has 0 aliphatic carbocycles. The van der Waals surface area contributed by atoms with Gasteiger partial charge < -0.3 is 25.0 Å². The maximum Gasteiger partial charge on any atom is 0.335 e. The molecule has 1 saturated heterocycles. The number of hydrogen-bond donors (Lipinski definition) is 2. The lowest BCUT2D eigenvalue weighted by Crippen LogP contribution is -2.51. The Morgan fingerprint density at radius 3 is 2.41 bits per heavy atom. The number of nitrogens with zero attached hydrogens (tertiary/aromatic N) is 2. The number of piperazine rings is 1. The smallest absolute Gasteiger partial charge is 0.335 e. The molecule has 7 heteroatoms. The van der Waals surface area contributed by atoms with Crippen LogP contribution in [0.25, 0.3) is 0 Å². The maximum absolute atomic E-state index is 12.4. The molecule has 0 unspecified atom stereocenters. The van der Waals surface area contributed by atoms with Crippen molar-refractivity contribution in [3.8, 4) is 5.75 Å². The summed E-state index contributed by atoms with van der Waals surface area (Å²) in [4.78, 5) is 27.3. The van der Waals surface area contributed by atoms with Crippen molar-refractivity contribution in [3.05, 3.63) is 59.7 Å². The Morgan fingerprint density at radius 1 is 1.07 bits per heavy atom. The fraction of sp³-hybridized carbons (Fsp3) is 0.300. The number of hydrogen-bond acceptors (Lipinski definition) is 4. The van der Waals surface area contributed by atoms with Gasteiger partial charge in [-0.3, -0.25) is 0 Å². The first kappa shape index (κ1) is 18.6. The molecule has 7 nitrogen and oxygen atoms in total. The number of aromatic carboxylic acids is 1. The van der Waals surface area contributed by atoms with Gasteiger partial charge in [-0.15, -0.1) is 0 Å². The van der Waals surface area contributed by atoms with Crippen molar-refractivity contribution in [3.63, 3.8) is 0 Å². The van der Waals surface area contributed by atoms with E-state index in [4.69, 9.17) is 9.84 Å². The lowest BCUT2D eigenvalue weighted by atomic mass is 10.1. The molecule has 2 amide bonds. The third-order valence-electron chi connectivity index (χ3n) is 4.63. The molecule has 0 saturated carbocycles. The molecule has 1 aliphatic heterocycles. The first-order valence-electron chi connectivity index (χ1n) is 8.81. The Hall–Kier alpha value is -3.22. The van der Waals surface area contributed by atoms with E-state index in [0.29, 0.717) is 19.6 Å². The Kier molecular flexibility index (Phi) is 5.80. The number of urea groups is 1. The number of amides is 2. The van der Waals surface area contributed by atoms with Crippen LogP contribution in [0, 0.1) is 0 Å². The normalized spacial score (nSPS) is 14.0. The summed E-state index contributed by atoms with van der Waals surface area (Å²) in [6.45, 7) is 3.17. The largest absolute Gasteiger partial charge is 0.497 e. The minimum atomic E-state index is -0.959. The van der Waals surface area contributed by atoms with Crippen LogP contribution >= 0.6 is 0 Å². The minimum Gasteiger partial charge on any atom is -0.497 e. The molecule has 0 bridgehead atoms. The average Bonchev–Trinajstić information content (AvgIpc) is 2.72.